The van der Waals surface area contributed by atoms with Crippen molar-refractivity contribution in [2.45, 2.75) is 70.2 Å². The van der Waals surface area contributed by atoms with E-state index in [1.54, 1.807) is 6.08 Å². The summed E-state index contributed by atoms with van der Waals surface area (Å²) in [6.45, 7) is 2.10. The Balaban J connectivity index is 2.03. The molecule has 4 heteroatoms. The number of aliphatic hydroxyl groups is 1. The van der Waals surface area contributed by atoms with Gasteiger partial charge >= 0.3 is 5.97 Å². The summed E-state index contributed by atoms with van der Waals surface area (Å²) in [5, 5.41) is 18.5. The van der Waals surface area contributed by atoms with Crippen LogP contribution in [0.4, 0.5) is 0 Å². The van der Waals surface area contributed by atoms with E-state index in [9.17, 15) is 9.90 Å². The smallest absolute Gasteiger partial charge is 0.303 e. The van der Waals surface area contributed by atoms with Crippen LogP contribution in [0.15, 0.2) is 48.6 Å². The van der Waals surface area contributed by atoms with Gasteiger partial charge in [-0.2, -0.15) is 0 Å². The number of hydrogen-bond acceptors (Lipinski definition) is 3. The highest BCUT2D eigenvalue weighted by molar-refractivity contribution is 5.66. The molecule has 0 aromatic rings. The topological polar surface area (TPSA) is 70.1 Å². The van der Waals surface area contributed by atoms with Crippen LogP contribution in [0.1, 0.15) is 51.9 Å². The van der Waals surface area contributed by atoms with Crippen molar-refractivity contribution in [3.8, 4) is 0 Å². The molecule has 1 fully saturated rings. The fraction of sp³-hybridized carbons (Fsp3) is 0.550. The van der Waals surface area contributed by atoms with E-state index in [1.165, 1.54) is 0 Å². The minimum atomic E-state index is -0.738. The van der Waals surface area contributed by atoms with Gasteiger partial charge in [0.1, 0.15) is 12.2 Å². The summed E-state index contributed by atoms with van der Waals surface area (Å²) in [7, 11) is 0. The zero-order chi connectivity index (χ0) is 17.6. The average Bonchev–Trinajstić information content (AvgIpc) is 3.32. The minimum absolute atomic E-state index is 0.0551. The third kappa shape index (κ3) is 10.2. The number of aliphatic carboxylic acids is 1. The number of carbonyl (C=O) groups is 1. The zero-order valence-electron chi connectivity index (χ0n) is 14.5. The Morgan fingerprint density at radius 2 is 1.79 bits per heavy atom. The molecule has 0 aromatic carbocycles. The van der Waals surface area contributed by atoms with E-state index in [1.807, 2.05) is 18.2 Å². The molecule has 3 atom stereocenters. The fourth-order valence-electron chi connectivity index (χ4n) is 2.31. The minimum Gasteiger partial charge on any atom is -0.481 e. The first-order valence-electron chi connectivity index (χ1n) is 8.82. The van der Waals surface area contributed by atoms with Crippen molar-refractivity contribution >= 4 is 5.97 Å². The van der Waals surface area contributed by atoms with Gasteiger partial charge in [0.2, 0.25) is 0 Å². The molecule has 2 N–H and O–H groups in total. The van der Waals surface area contributed by atoms with Gasteiger partial charge in [-0.1, -0.05) is 55.5 Å². The molecule has 0 aromatic heterocycles. The van der Waals surface area contributed by atoms with E-state index in [2.05, 4.69) is 31.2 Å². The van der Waals surface area contributed by atoms with Crippen LogP contribution in [0.5, 0.6) is 0 Å². The second-order valence-electron chi connectivity index (χ2n) is 5.87. The van der Waals surface area contributed by atoms with Crippen molar-refractivity contribution in [1.29, 1.82) is 0 Å². The summed E-state index contributed by atoms with van der Waals surface area (Å²) < 4.78 is 5.47. The predicted octanol–water partition coefficient (Wildman–Crippen LogP) is 4.17. The molecule has 3 unspecified atom stereocenters. The molecule has 1 heterocycles. The highest BCUT2D eigenvalue weighted by atomic mass is 16.6. The van der Waals surface area contributed by atoms with Crippen molar-refractivity contribution in [3.05, 3.63) is 48.6 Å². The molecule has 4 nitrogen and oxygen atoms in total. The Hall–Kier alpha value is -1.65. The van der Waals surface area contributed by atoms with Crippen LogP contribution in [0.3, 0.4) is 0 Å². The van der Waals surface area contributed by atoms with Gasteiger partial charge in [0.05, 0.1) is 6.10 Å². The van der Waals surface area contributed by atoms with Crippen LogP contribution < -0.4 is 0 Å². The summed E-state index contributed by atoms with van der Waals surface area (Å²) in [4.78, 5) is 10.3. The summed E-state index contributed by atoms with van der Waals surface area (Å²) in [5.74, 6) is -0.738. The lowest BCUT2D eigenvalue weighted by molar-refractivity contribution is -0.137. The Kier molecular flexibility index (Phi) is 10.8. The Morgan fingerprint density at radius 3 is 2.50 bits per heavy atom. The van der Waals surface area contributed by atoms with Gasteiger partial charge in [-0.3, -0.25) is 4.79 Å². The van der Waals surface area contributed by atoms with Gasteiger partial charge in [-0.25, -0.2) is 0 Å². The number of allylic oxidation sites excluding steroid dienone is 6. The molecule has 1 saturated heterocycles. The second kappa shape index (κ2) is 12.7. The third-order valence-corrected chi connectivity index (χ3v) is 3.70. The maximum Gasteiger partial charge on any atom is 0.303 e. The fourth-order valence-corrected chi connectivity index (χ4v) is 2.31. The summed E-state index contributed by atoms with van der Waals surface area (Å²) in [6.07, 6.45) is 21.0. The molecular formula is C20H30O4. The van der Waals surface area contributed by atoms with E-state index >= 15 is 0 Å². The highest BCUT2D eigenvalue weighted by Gasteiger charge is 2.42. The van der Waals surface area contributed by atoms with Crippen molar-refractivity contribution in [1.82, 2.24) is 0 Å². The maximum absolute atomic E-state index is 10.3. The maximum atomic E-state index is 10.3. The first-order chi connectivity index (χ1) is 11.6. The van der Waals surface area contributed by atoms with E-state index in [0.717, 1.165) is 32.1 Å². The summed E-state index contributed by atoms with van der Waals surface area (Å²) in [5.41, 5.74) is 0. The molecule has 0 aliphatic carbocycles. The van der Waals surface area contributed by atoms with Crippen molar-refractivity contribution in [2.24, 2.45) is 0 Å². The average molecular weight is 334 g/mol. The number of hydrogen-bond donors (Lipinski definition) is 2. The number of unbranched alkanes of at least 4 members (excludes halogenated alkanes) is 1. The number of carboxylic acid groups (broad SMARTS) is 1. The lowest BCUT2D eigenvalue weighted by Crippen LogP contribution is -2.13. The second-order valence-corrected chi connectivity index (χ2v) is 5.87. The first kappa shape index (κ1) is 20.4. The number of aliphatic hydroxyl groups excluding tert-OH is 1. The van der Waals surface area contributed by atoms with E-state index in [0.29, 0.717) is 6.42 Å². The quantitative estimate of drug-likeness (QED) is 0.301. The normalized spacial score (nSPS) is 22.2. The predicted molar refractivity (Wildman–Crippen MR) is 96.9 cm³/mol. The number of ether oxygens (including phenoxy) is 1. The zero-order valence-corrected chi connectivity index (χ0v) is 14.5. The summed E-state index contributed by atoms with van der Waals surface area (Å²) >= 11 is 0. The van der Waals surface area contributed by atoms with Gasteiger partial charge in [0, 0.05) is 6.42 Å². The molecule has 0 saturated carbocycles. The Bertz CT molecular complexity index is 462. The molecule has 0 bridgehead atoms. The number of carboxylic acids is 1. The van der Waals surface area contributed by atoms with Gasteiger partial charge < -0.3 is 14.9 Å². The summed E-state index contributed by atoms with van der Waals surface area (Å²) in [6, 6.07) is 0. The largest absolute Gasteiger partial charge is 0.481 e. The van der Waals surface area contributed by atoms with Crippen LogP contribution in [-0.4, -0.2) is 34.5 Å². The Morgan fingerprint density at radius 1 is 1.08 bits per heavy atom. The molecule has 1 aliphatic heterocycles. The van der Waals surface area contributed by atoms with Crippen LogP contribution >= 0.6 is 0 Å². The molecule has 1 aliphatic rings. The number of epoxide rings is 1. The van der Waals surface area contributed by atoms with Gasteiger partial charge in [0.15, 0.2) is 0 Å². The highest BCUT2D eigenvalue weighted by Crippen LogP contribution is 2.29. The molecule has 1 rings (SSSR count). The van der Waals surface area contributed by atoms with Gasteiger partial charge in [-0.15, -0.1) is 0 Å². The molecule has 0 amide bonds. The first-order valence-corrected chi connectivity index (χ1v) is 8.82. The Labute approximate surface area is 145 Å². The molecule has 0 radical (unpaired) electrons. The van der Waals surface area contributed by atoms with E-state index in [-0.39, 0.29) is 18.6 Å². The van der Waals surface area contributed by atoms with Crippen molar-refractivity contribution in [3.63, 3.8) is 0 Å². The molecule has 24 heavy (non-hydrogen) atoms. The third-order valence-electron chi connectivity index (χ3n) is 3.70. The molecular weight excluding hydrogens is 304 g/mol. The molecule has 0 spiro atoms. The monoisotopic (exact) mass is 334 g/mol. The SMILES string of the molecule is CCC=CCC1OC1C(O)C=CCC=CCC=CCCCC(=O)O. The van der Waals surface area contributed by atoms with Crippen LogP contribution in [-0.2, 0) is 9.53 Å². The van der Waals surface area contributed by atoms with Crippen LogP contribution in [0, 0.1) is 0 Å². The standard InChI is InChI=1S/C20H30O4/c1-2-3-11-15-18-20(24-18)17(21)14-12-9-7-5-4-6-8-10-13-16-19(22)23/h3,5-8,11-12,14,17-18,20-21H,2,4,9-10,13,15-16H2,1H3,(H,22,23). The van der Waals surface area contributed by atoms with Crippen LogP contribution in [0.25, 0.3) is 0 Å². The van der Waals surface area contributed by atoms with Crippen molar-refractivity contribution in [2.75, 3.05) is 0 Å². The van der Waals surface area contributed by atoms with E-state index in [4.69, 9.17) is 9.84 Å². The number of rotatable bonds is 13. The van der Waals surface area contributed by atoms with Gasteiger partial charge in [0.25, 0.3) is 0 Å². The molecule has 134 valence electrons. The van der Waals surface area contributed by atoms with Gasteiger partial charge in [-0.05, 0) is 38.5 Å². The van der Waals surface area contributed by atoms with Crippen molar-refractivity contribution < 1.29 is 19.7 Å². The van der Waals surface area contributed by atoms with E-state index < -0.39 is 12.1 Å². The lowest BCUT2D eigenvalue weighted by atomic mass is 10.1. The lowest BCUT2D eigenvalue weighted by Gasteiger charge is -1.98. The van der Waals surface area contributed by atoms with Crippen LogP contribution in [0.2, 0.25) is 0 Å².